The lowest BCUT2D eigenvalue weighted by Crippen LogP contribution is -2.01. The van der Waals surface area contributed by atoms with Crippen molar-refractivity contribution in [3.8, 4) is 0 Å². The highest BCUT2D eigenvalue weighted by Gasteiger charge is 2.15. The van der Waals surface area contributed by atoms with E-state index in [4.69, 9.17) is 9.15 Å². The number of furan rings is 1. The first-order valence-electron chi connectivity index (χ1n) is 5.88. The molecule has 20 heavy (non-hydrogen) atoms. The Hall–Kier alpha value is -1.27. The van der Waals surface area contributed by atoms with Gasteiger partial charge in [-0.3, -0.25) is 0 Å². The molecule has 2 aromatic rings. The molecule has 106 valence electrons. The van der Waals surface area contributed by atoms with E-state index in [9.17, 15) is 4.79 Å². The van der Waals surface area contributed by atoms with Crippen LogP contribution in [-0.4, -0.2) is 13.1 Å². The van der Waals surface area contributed by atoms with Crippen molar-refractivity contribution in [2.24, 2.45) is 0 Å². The fourth-order valence-corrected chi connectivity index (χ4v) is 2.95. The molecule has 0 fully saturated rings. The predicted octanol–water partition coefficient (Wildman–Crippen LogP) is 4.51. The monoisotopic (exact) mass is 401 g/mol. The van der Waals surface area contributed by atoms with E-state index in [2.05, 4.69) is 37.2 Å². The number of rotatable bonds is 4. The Morgan fingerprint density at radius 1 is 1.35 bits per heavy atom. The molecule has 0 amide bonds. The van der Waals surface area contributed by atoms with Crippen LogP contribution >= 0.6 is 31.9 Å². The van der Waals surface area contributed by atoms with Crippen LogP contribution in [0.1, 0.15) is 21.9 Å². The van der Waals surface area contributed by atoms with Crippen molar-refractivity contribution >= 4 is 43.5 Å². The predicted molar refractivity (Wildman–Crippen MR) is 84.0 cm³/mol. The average molecular weight is 403 g/mol. The molecule has 0 atom stereocenters. The number of ether oxygens (including phenoxy) is 1. The van der Waals surface area contributed by atoms with E-state index in [1.54, 1.807) is 13.0 Å². The van der Waals surface area contributed by atoms with Gasteiger partial charge < -0.3 is 14.5 Å². The number of benzene rings is 1. The number of halogens is 2. The third-order valence-electron chi connectivity index (χ3n) is 2.76. The van der Waals surface area contributed by atoms with Gasteiger partial charge in [0.15, 0.2) is 0 Å². The molecular formula is C14H13Br2NO3. The van der Waals surface area contributed by atoms with Gasteiger partial charge in [-0.25, -0.2) is 4.79 Å². The topological polar surface area (TPSA) is 51.5 Å². The van der Waals surface area contributed by atoms with Gasteiger partial charge in [0.2, 0.25) is 0 Å². The Bertz CT molecular complexity index is 637. The van der Waals surface area contributed by atoms with E-state index in [1.807, 2.05) is 18.2 Å². The number of anilines is 1. The summed E-state index contributed by atoms with van der Waals surface area (Å²) in [6.45, 7) is 2.23. The van der Waals surface area contributed by atoms with Gasteiger partial charge in [-0.1, -0.05) is 15.9 Å². The van der Waals surface area contributed by atoms with E-state index in [0.29, 0.717) is 23.6 Å². The molecule has 1 aromatic heterocycles. The average Bonchev–Trinajstić information content (AvgIpc) is 2.78. The highest BCUT2D eigenvalue weighted by Crippen LogP contribution is 2.27. The quantitative estimate of drug-likeness (QED) is 0.764. The Morgan fingerprint density at radius 3 is 2.75 bits per heavy atom. The molecule has 0 unspecified atom stereocenters. The number of esters is 1. The minimum Gasteiger partial charge on any atom is -0.465 e. The number of hydrogen-bond acceptors (Lipinski definition) is 4. The van der Waals surface area contributed by atoms with Crippen molar-refractivity contribution in [1.29, 1.82) is 0 Å². The van der Waals surface area contributed by atoms with Crippen LogP contribution in [0.25, 0.3) is 0 Å². The third kappa shape index (κ3) is 3.43. The van der Waals surface area contributed by atoms with Gasteiger partial charge in [0.25, 0.3) is 0 Å². The second-order valence-electron chi connectivity index (χ2n) is 4.15. The fraction of sp³-hybridized carbons (Fsp3) is 0.214. The Morgan fingerprint density at radius 2 is 2.10 bits per heavy atom. The summed E-state index contributed by atoms with van der Waals surface area (Å²) in [5.74, 6) is 0.851. The maximum Gasteiger partial charge on any atom is 0.341 e. The van der Waals surface area contributed by atoms with Crippen LogP contribution < -0.4 is 5.32 Å². The summed E-state index contributed by atoms with van der Waals surface area (Å²) in [5.41, 5.74) is 1.40. The highest BCUT2D eigenvalue weighted by atomic mass is 79.9. The van der Waals surface area contributed by atoms with Crippen LogP contribution in [-0.2, 0) is 11.3 Å². The summed E-state index contributed by atoms with van der Waals surface area (Å²) in [7, 11) is 1.35. The zero-order chi connectivity index (χ0) is 14.7. The molecule has 0 saturated carbocycles. The molecule has 0 aliphatic heterocycles. The van der Waals surface area contributed by atoms with E-state index in [0.717, 1.165) is 14.6 Å². The zero-order valence-corrected chi connectivity index (χ0v) is 14.2. The second kappa shape index (κ2) is 6.45. The maximum atomic E-state index is 11.5. The van der Waals surface area contributed by atoms with E-state index in [1.165, 1.54) is 7.11 Å². The zero-order valence-electron chi connectivity index (χ0n) is 11.0. The summed E-state index contributed by atoms with van der Waals surface area (Å²) in [6, 6.07) is 7.54. The third-order valence-corrected chi connectivity index (χ3v) is 3.91. The van der Waals surface area contributed by atoms with Gasteiger partial charge in [0, 0.05) is 14.6 Å². The molecule has 2 rings (SSSR count). The normalized spacial score (nSPS) is 10.4. The van der Waals surface area contributed by atoms with E-state index in [-0.39, 0.29) is 5.97 Å². The number of hydrogen-bond donors (Lipinski definition) is 1. The van der Waals surface area contributed by atoms with Gasteiger partial charge in [-0.15, -0.1) is 0 Å². The molecule has 0 aliphatic carbocycles. The number of nitrogens with one attached hydrogen (secondary N) is 1. The summed E-state index contributed by atoms with van der Waals surface area (Å²) in [6.07, 6.45) is 0. The molecule has 1 N–H and O–H groups in total. The van der Waals surface area contributed by atoms with Crippen molar-refractivity contribution in [2.75, 3.05) is 12.4 Å². The molecule has 0 saturated heterocycles. The Balaban J connectivity index is 2.09. The van der Waals surface area contributed by atoms with Crippen molar-refractivity contribution in [3.05, 3.63) is 50.3 Å². The van der Waals surface area contributed by atoms with Crippen LogP contribution in [0, 0.1) is 6.92 Å². The molecule has 1 aromatic carbocycles. The van der Waals surface area contributed by atoms with Crippen LogP contribution in [0.15, 0.2) is 37.6 Å². The van der Waals surface area contributed by atoms with E-state index >= 15 is 0 Å². The molecule has 0 bridgehead atoms. The minimum atomic E-state index is -0.387. The highest BCUT2D eigenvalue weighted by molar-refractivity contribution is 9.11. The first kappa shape index (κ1) is 15.1. The SMILES string of the molecule is COC(=O)c1cc(CNc2ccc(Br)cc2Br)oc1C. The standard InChI is InChI=1S/C14H13Br2NO3/c1-8-11(14(18)19-2)6-10(20-8)7-17-13-4-3-9(15)5-12(13)16/h3-6,17H,7H2,1-2H3. The molecular weight excluding hydrogens is 390 g/mol. The lowest BCUT2D eigenvalue weighted by atomic mass is 10.2. The number of methoxy groups -OCH3 is 1. The van der Waals surface area contributed by atoms with Crippen molar-refractivity contribution in [1.82, 2.24) is 0 Å². The summed E-state index contributed by atoms with van der Waals surface area (Å²) >= 11 is 6.88. The van der Waals surface area contributed by atoms with Crippen LogP contribution in [0.5, 0.6) is 0 Å². The van der Waals surface area contributed by atoms with Crippen LogP contribution in [0.4, 0.5) is 5.69 Å². The van der Waals surface area contributed by atoms with Crippen molar-refractivity contribution in [3.63, 3.8) is 0 Å². The summed E-state index contributed by atoms with van der Waals surface area (Å²) in [5, 5.41) is 3.24. The van der Waals surface area contributed by atoms with Gasteiger partial charge >= 0.3 is 5.97 Å². The number of carbonyl (C=O) groups is 1. The summed E-state index contributed by atoms with van der Waals surface area (Å²) < 4.78 is 12.2. The van der Waals surface area contributed by atoms with Gasteiger partial charge in [-0.05, 0) is 47.1 Å². The molecule has 6 heteroatoms. The lowest BCUT2D eigenvalue weighted by Gasteiger charge is -2.07. The molecule has 0 aliphatic rings. The fourth-order valence-electron chi connectivity index (χ4n) is 1.76. The van der Waals surface area contributed by atoms with Crippen molar-refractivity contribution < 1.29 is 13.9 Å². The van der Waals surface area contributed by atoms with Gasteiger partial charge in [0.1, 0.15) is 17.1 Å². The Kier molecular flexibility index (Phi) is 4.88. The summed E-state index contributed by atoms with van der Waals surface area (Å²) in [4.78, 5) is 11.5. The molecule has 4 nitrogen and oxygen atoms in total. The van der Waals surface area contributed by atoms with Crippen LogP contribution in [0.3, 0.4) is 0 Å². The second-order valence-corrected chi connectivity index (χ2v) is 5.92. The van der Waals surface area contributed by atoms with Crippen LogP contribution in [0.2, 0.25) is 0 Å². The Labute approximate surface area is 133 Å². The largest absolute Gasteiger partial charge is 0.465 e. The smallest absolute Gasteiger partial charge is 0.341 e. The number of carbonyl (C=O) groups excluding carboxylic acids is 1. The lowest BCUT2D eigenvalue weighted by molar-refractivity contribution is 0.0599. The molecule has 1 heterocycles. The molecule has 0 radical (unpaired) electrons. The minimum absolute atomic E-state index is 0.387. The maximum absolute atomic E-state index is 11.5. The number of aryl methyl sites for hydroxylation is 1. The van der Waals surface area contributed by atoms with E-state index < -0.39 is 0 Å². The van der Waals surface area contributed by atoms with Gasteiger partial charge in [0.05, 0.1) is 13.7 Å². The molecule has 0 spiro atoms. The first-order valence-corrected chi connectivity index (χ1v) is 7.46. The van der Waals surface area contributed by atoms with Gasteiger partial charge in [-0.2, -0.15) is 0 Å². The van der Waals surface area contributed by atoms with Crippen molar-refractivity contribution in [2.45, 2.75) is 13.5 Å². The first-order chi connectivity index (χ1) is 9.51.